The fourth-order valence-electron chi connectivity index (χ4n) is 2.06. The largest absolute Gasteiger partial charge is 0.472 e. The number of aliphatic hydroxyl groups is 1. The second-order valence-corrected chi connectivity index (χ2v) is 7.61. The topological polar surface area (TPSA) is 131 Å². The summed E-state index contributed by atoms with van der Waals surface area (Å²) in [6.45, 7) is 2.79. The molecule has 27 heavy (non-hydrogen) atoms. The minimum absolute atomic E-state index is 0.0826. The first-order valence-corrected chi connectivity index (χ1v) is 11.0. The van der Waals surface area contributed by atoms with Gasteiger partial charge in [-0.2, -0.15) is 0 Å². The van der Waals surface area contributed by atoms with E-state index in [-0.39, 0.29) is 32.1 Å². The molecule has 0 aliphatic carbocycles. The number of aliphatic hydroxyl groups excluding tert-OH is 1. The number of phosphoric ester groups is 1. The lowest BCUT2D eigenvalue weighted by atomic mass is 10.1. The summed E-state index contributed by atoms with van der Waals surface area (Å²) < 4.78 is 25.6. The van der Waals surface area contributed by atoms with Crippen molar-refractivity contribution in [3.05, 3.63) is 0 Å². The first kappa shape index (κ1) is 26.0. The molecule has 0 aromatic carbocycles. The summed E-state index contributed by atoms with van der Waals surface area (Å²) in [5.74, 6) is -0.620. The van der Waals surface area contributed by atoms with E-state index in [2.05, 4.69) is 21.5 Å². The number of nitrogens with one attached hydrogen (secondary N) is 1. The first-order chi connectivity index (χ1) is 12.8. The number of esters is 1. The van der Waals surface area contributed by atoms with Crippen molar-refractivity contribution in [1.82, 2.24) is 5.32 Å². The number of phosphoric acid groups is 1. The molecule has 3 N–H and O–H groups in total. The summed E-state index contributed by atoms with van der Waals surface area (Å²) in [7, 11) is -4.35. The minimum atomic E-state index is -4.35. The number of carbonyl (C=O) groups excluding carboxylic acids is 2. The summed E-state index contributed by atoms with van der Waals surface area (Å²) in [5.41, 5.74) is 0. The van der Waals surface area contributed by atoms with Crippen LogP contribution in [0.5, 0.6) is 0 Å². The summed E-state index contributed by atoms with van der Waals surface area (Å²) in [6, 6.07) is 0. The lowest BCUT2D eigenvalue weighted by molar-refractivity contribution is -0.146. The molecule has 0 heterocycles. The van der Waals surface area contributed by atoms with E-state index in [0.29, 0.717) is 6.42 Å². The van der Waals surface area contributed by atoms with Gasteiger partial charge in [0.1, 0.15) is 12.7 Å². The molecule has 0 saturated carbocycles. The van der Waals surface area contributed by atoms with Crippen molar-refractivity contribution in [2.75, 3.05) is 26.4 Å². The van der Waals surface area contributed by atoms with Gasteiger partial charge in [-0.25, -0.2) is 4.57 Å². The van der Waals surface area contributed by atoms with Crippen LogP contribution in [-0.4, -0.2) is 54.3 Å². The van der Waals surface area contributed by atoms with Gasteiger partial charge in [-0.05, 0) is 6.42 Å². The second kappa shape index (κ2) is 16.0. The van der Waals surface area contributed by atoms with E-state index in [0.717, 1.165) is 19.3 Å². The van der Waals surface area contributed by atoms with Crippen molar-refractivity contribution < 1.29 is 37.9 Å². The van der Waals surface area contributed by atoms with Gasteiger partial charge < -0.3 is 20.1 Å². The fourth-order valence-corrected chi connectivity index (χ4v) is 2.82. The molecule has 0 radical (unpaired) electrons. The number of ether oxygens (including phenoxy) is 1. The van der Waals surface area contributed by atoms with Crippen molar-refractivity contribution in [1.29, 1.82) is 0 Å². The Kier molecular flexibility index (Phi) is 15.4. The number of hydrogen-bond acceptors (Lipinski definition) is 7. The van der Waals surface area contributed by atoms with E-state index in [1.165, 1.54) is 19.3 Å². The SMILES string of the molecule is CCCCCCCCC(=O)NCCOP(=O)(O)OCC(O)COC(=O)CC. The average molecular weight is 411 g/mol. The molecule has 160 valence electrons. The predicted molar refractivity (Wildman–Crippen MR) is 100.0 cm³/mol. The van der Waals surface area contributed by atoms with Crippen LogP contribution in [0.1, 0.15) is 65.2 Å². The molecule has 0 saturated heterocycles. The second-order valence-electron chi connectivity index (χ2n) is 6.16. The van der Waals surface area contributed by atoms with Crippen LogP contribution >= 0.6 is 7.82 Å². The van der Waals surface area contributed by atoms with Gasteiger partial charge in [-0.3, -0.25) is 18.6 Å². The molecular weight excluding hydrogens is 377 g/mol. The highest BCUT2D eigenvalue weighted by Gasteiger charge is 2.23. The Morgan fingerprint density at radius 1 is 1.04 bits per heavy atom. The highest BCUT2D eigenvalue weighted by molar-refractivity contribution is 7.47. The number of amides is 1. The fraction of sp³-hybridized carbons (Fsp3) is 0.882. The highest BCUT2D eigenvalue weighted by atomic mass is 31.2. The van der Waals surface area contributed by atoms with Crippen molar-refractivity contribution in [3.8, 4) is 0 Å². The van der Waals surface area contributed by atoms with E-state index >= 15 is 0 Å². The molecular formula is C17H34NO8P. The molecule has 0 rings (SSSR count). The summed E-state index contributed by atoms with van der Waals surface area (Å²) in [5, 5.41) is 12.1. The third kappa shape index (κ3) is 16.9. The van der Waals surface area contributed by atoms with Crippen LogP contribution in [0.15, 0.2) is 0 Å². The van der Waals surface area contributed by atoms with Crippen LogP contribution in [0.2, 0.25) is 0 Å². The molecule has 0 fully saturated rings. The molecule has 0 aliphatic rings. The normalized spacial score (nSPS) is 14.4. The van der Waals surface area contributed by atoms with E-state index < -0.39 is 26.5 Å². The lowest BCUT2D eigenvalue weighted by Gasteiger charge is -2.15. The van der Waals surface area contributed by atoms with Gasteiger partial charge in [0.25, 0.3) is 0 Å². The molecule has 0 bridgehead atoms. The molecule has 0 aliphatic heterocycles. The van der Waals surface area contributed by atoms with E-state index in [1.54, 1.807) is 6.92 Å². The zero-order valence-corrected chi connectivity index (χ0v) is 17.2. The summed E-state index contributed by atoms with van der Waals surface area (Å²) in [4.78, 5) is 32.0. The zero-order chi connectivity index (χ0) is 20.5. The minimum Gasteiger partial charge on any atom is -0.463 e. The molecule has 10 heteroatoms. The zero-order valence-electron chi connectivity index (χ0n) is 16.4. The van der Waals surface area contributed by atoms with Crippen LogP contribution in [-0.2, 0) is 27.9 Å². The highest BCUT2D eigenvalue weighted by Crippen LogP contribution is 2.42. The molecule has 0 aromatic rings. The lowest BCUT2D eigenvalue weighted by Crippen LogP contribution is -2.27. The third-order valence-corrected chi connectivity index (χ3v) is 4.58. The van der Waals surface area contributed by atoms with E-state index in [4.69, 9.17) is 4.52 Å². The molecule has 0 spiro atoms. The summed E-state index contributed by atoms with van der Waals surface area (Å²) in [6.07, 6.45) is 5.89. The van der Waals surface area contributed by atoms with Crippen molar-refractivity contribution in [3.63, 3.8) is 0 Å². The summed E-state index contributed by atoms with van der Waals surface area (Å²) >= 11 is 0. The van der Waals surface area contributed by atoms with Crippen molar-refractivity contribution in [2.45, 2.75) is 71.3 Å². The number of rotatable bonds is 17. The van der Waals surface area contributed by atoms with Crippen LogP contribution in [0, 0.1) is 0 Å². The van der Waals surface area contributed by atoms with Crippen LogP contribution in [0.3, 0.4) is 0 Å². The Morgan fingerprint density at radius 3 is 2.37 bits per heavy atom. The van der Waals surface area contributed by atoms with Gasteiger partial charge in [-0.15, -0.1) is 0 Å². The average Bonchev–Trinajstić information content (AvgIpc) is 2.64. The van der Waals surface area contributed by atoms with Crippen LogP contribution in [0.25, 0.3) is 0 Å². The number of unbranched alkanes of at least 4 members (excludes halogenated alkanes) is 5. The standard InChI is InChI=1S/C17H34NO8P/c1-3-5-6-7-8-9-10-16(20)18-11-12-25-27(22,23)26-14-15(19)13-24-17(21)4-2/h15,19H,3-14H2,1-2H3,(H,18,20)(H,22,23). The predicted octanol–water partition coefficient (Wildman–Crippen LogP) is 2.30. The van der Waals surface area contributed by atoms with Crippen molar-refractivity contribution in [2.24, 2.45) is 0 Å². The Morgan fingerprint density at radius 2 is 1.70 bits per heavy atom. The van der Waals surface area contributed by atoms with Crippen LogP contribution in [0.4, 0.5) is 0 Å². The Labute approximate surface area is 161 Å². The molecule has 9 nitrogen and oxygen atoms in total. The number of hydrogen-bond donors (Lipinski definition) is 3. The maximum absolute atomic E-state index is 11.6. The number of carbonyl (C=O) groups is 2. The van der Waals surface area contributed by atoms with Gasteiger partial charge in [0.05, 0.1) is 13.2 Å². The monoisotopic (exact) mass is 411 g/mol. The molecule has 2 unspecified atom stereocenters. The smallest absolute Gasteiger partial charge is 0.463 e. The maximum Gasteiger partial charge on any atom is 0.472 e. The maximum atomic E-state index is 11.6. The van der Waals surface area contributed by atoms with E-state index in [1.807, 2.05) is 0 Å². The molecule has 0 aromatic heterocycles. The van der Waals surface area contributed by atoms with Gasteiger partial charge in [0, 0.05) is 19.4 Å². The quantitative estimate of drug-likeness (QED) is 0.189. The third-order valence-electron chi connectivity index (χ3n) is 3.59. The Bertz CT molecular complexity index is 460. The molecule has 2 atom stereocenters. The van der Waals surface area contributed by atoms with Crippen molar-refractivity contribution >= 4 is 19.7 Å². The van der Waals surface area contributed by atoms with Crippen LogP contribution < -0.4 is 5.32 Å². The molecule has 1 amide bonds. The van der Waals surface area contributed by atoms with Gasteiger partial charge in [-0.1, -0.05) is 46.0 Å². The van der Waals surface area contributed by atoms with Gasteiger partial charge >= 0.3 is 13.8 Å². The van der Waals surface area contributed by atoms with E-state index in [9.17, 15) is 24.2 Å². The van der Waals surface area contributed by atoms with Gasteiger partial charge in [0.15, 0.2) is 0 Å². The van der Waals surface area contributed by atoms with Gasteiger partial charge in [0.2, 0.25) is 5.91 Å². The first-order valence-electron chi connectivity index (χ1n) is 9.53. The Hall–Kier alpha value is -0.990. The Balaban J connectivity index is 3.72.